The van der Waals surface area contributed by atoms with Crippen LogP contribution in [0.25, 0.3) is 0 Å². The molecular formula is C13H18N2O2. The number of nitrogens with zero attached hydrogens (tertiary/aromatic N) is 1. The Morgan fingerprint density at radius 3 is 2.76 bits per heavy atom. The Morgan fingerprint density at radius 2 is 2.06 bits per heavy atom. The molecule has 2 N–H and O–H groups in total. The van der Waals surface area contributed by atoms with E-state index in [2.05, 4.69) is 17.9 Å². The van der Waals surface area contributed by atoms with Crippen LogP contribution < -0.4 is 10.6 Å². The third-order valence-electron chi connectivity index (χ3n) is 3.57. The van der Waals surface area contributed by atoms with Crippen LogP contribution in [0.4, 0.5) is 11.4 Å². The maximum atomic E-state index is 5.77. The molecule has 0 amide bonds. The van der Waals surface area contributed by atoms with Crippen molar-refractivity contribution in [3.63, 3.8) is 0 Å². The third kappa shape index (κ3) is 1.87. The molecule has 17 heavy (non-hydrogen) atoms. The van der Waals surface area contributed by atoms with Crippen LogP contribution in [-0.4, -0.2) is 32.1 Å². The summed E-state index contributed by atoms with van der Waals surface area (Å²) in [5.74, 6) is -0.353. The maximum absolute atomic E-state index is 5.77. The van der Waals surface area contributed by atoms with E-state index in [0.717, 1.165) is 25.2 Å². The lowest BCUT2D eigenvalue weighted by Gasteiger charge is -2.24. The predicted octanol–water partition coefficient (Wildman–Crippen LogP) is 1.53. The fraction of sp³-hybridized carbons (Fsp3) is 0.538. The fourth-order valence-electron chi connectivity index (χ4n) is 2.73. The second kappa shape index (κ2) is 3.89. The number of benzene rings is 1. The van der Waals surface area contributed by atoms with E-state index in [0.29, 0.717) is 13.2 Å². The number of aryl methyl sites for hydroxylation is 1. The molecule has 1 aromatic carbocycles. The molecule has 0 bridgehead atoms. The minimum absolute atomic E-state index is 0.353. The van der Waals surface area contributed by atoms with E-state index < -0.39 is 0 Å². The lowest BCUT2D eigenvalue weighted by atomic mass is 10.1. The minimum atomic E-state index is -0.353. The summed E-state index contributed by atoms with van der Waals surface area (Å²) in [6.45, 7) is 5.32. The first kappa shape index (κ1) is 10.9. The number of ether oxygens (including phenoxy) is 2. The average molecular weight is 234 g/mol. The number of nitrogens with two attached hydrogens (primary N) is 1. The highest BCUT2D eigenvalue weighted by atomic mass is 16.7. The summed E-state index contributed by atoms with van der Waals surface area (Å²) >= 11 is 0. The van der Waals surface area contributed by atoms with Crippen LogP contribution in [0.1, 0.15) is 12.0 Å². The van der Waals surface area contributed by atoms with E-state index in [-0.39, 0.29) is 5.79 Å². The second-order valence-corrected chi connectivity index (χ2v) is 4.83. The van der Waals surface area contributed by atoms with Crippen LogP contribution in [0.2, 0.25) is 0 Å². The molecule has 2 heterocycles. The molecule has 2 aliphatic heterocycles. The van der Waals surface area contributed by atoms with Crippen molar-refractivity contribution in [1.82, 2.24) is 0 Å². The molecule has 0 radical (unpaired) electrons. The summed E-state index contributed by atoms with van der Waals surface area (Å²) in [7, 11) is 0. The molecule has 2 aliphatic rings. The lowest BCUT2D eigenvalue weighted by Crippen LogP contribution is -2.34. The molecule has 1 spiro atoms. The second-order valence-electron chi connectivity index (χ2n) is 4.83. The SMILES string of the molecule is Cc1cc(N)ccc1N1CCC2(C1)OCCO2. The Kier molecular flexibility index (Phi) is 2.49. The molecule has 0 unspecified atom stereocenters. The van der Waals surface area contributed by atoms with Crippen molar-refractivity contribution in [2.24, 2.45) is 0 Å². The zero-order valence-corrected chi connectivity index (χ0v) is 10.1. The van der Waals surface area contributed by atoms with Gasteiger partial charge in [0.1, 0.15) is 0 Å². The van der Waals surface area contributed by atoms with Gasteiger partial charge in [0.25, 0.3) is 0 Å². The van der Waals surface area contributed by atoms with E-state index >= 15 is 0 Å². The van der Waals surface area contributed by atoms with Gasteiger partial charge < -0.3 is 20.1 Å². The zero-order chi connectivity index (χ0) is 11.9. The van der Waals surface area contributed by atoms with Crippen LogP contribution in [0.3, 0.4) is 0 Å². The van der Waals surface area contributed by atoms with Gasteiger partial charge in [-0.3, -0.25) is 0 Å². The van der Waals surface area contributed by atoms with Crippen molar-refractivity contribution in [1.29, 1.82) is 0 Å². The average Bonchev–Trinajstić information content (AvgIpc) is 2.90. The lowest BCUT2D eigenvalue weighted by molar-refractivity contribution is -0.137. The number of hydrogen-bond acceptors (Lipinski definition) is 4. The quantitative estimate of drug-likeness (QED) is 0.749. The molecular weight excluding hydrogens is 216 g/mol. The van der Waals surface area contributed by atoms with Crippen LogP contribution in [0.5, 0.6) is 0 Å². The van der Waals surface area contributed by atoms with Crippen LogP contribution in [0.15, 0.2) is 18.2 Å². The molecule has 4 heteroatoms. The van der Waals surface area contributed by atoms with Gasteiger partial charge in [-0.15, -0.1) is 0 Å². The highest BCUT2D eigenvalue weighted by molar-refractivity contribution is 5.59. The molecule has 0 aromatic heterocycles. The Morgan fingerprint density at radius 1 is 1.29 bits per heavy atom. The molecule has 2 saturated heterocycles. The van der Waals surface area contributed by atoms with Gasteiger partial charge >= 0.3 is 0 Å². The van der Waals surface area contributed by atoms with Crippen LogP contribution >= 0.6 is 0 Å². The van der Waals surface area contributed by atoms with Crippen molar-refractivity contribution in [2.45, 2.75) is 19.1 Å². The summed E-state index contributed by atoms with van der Waals surface area (Å²) in [5.41, 5.74) is 9.03. The van der Waals surface area contributed by atoms with E-state index in [4.69, 9.17) is 15.2 Å². The minimum Gasteiger partial charge on any atom is -0.399 e. The van der Waals surface area contributed by atoms with Crippen molar-refractivity contribution >= 4 is 11.4 Å². The first-order valence-electron chi connectivity index (χ1n) is 6.08. The maximum Gasteiger partial charge on any atom is 0.187 e. The van der Waals surface area contributed by atoms with Crippen LogP contribution in [-0.2, 0) is 9.47 Å². The molecule has 0 atom stereocenters. The van der Waals surface area contributed by atoms with Crippen molar-refractivity contribution in [3.05, 3.63) is 23.8 Å². The first-order chi connectivity index (χ1) is 8.19. The highest BCUT2D eigenvalue weighted by Gasteiger charge is 2.43. The summed E-state index contributed by atoms with van der Waals surface area (Å²) in [6, 6.07) is 6.04. The fourth-order valence-corrected chi connectivity index (χ4v) is 2.73. The van der Waals surface area contributed by atoms with E-state index in [1.165, 1.54) is 11.3 Å². The molecule has 0 aliphatic carbocycles. The molecule has 2 fully saturated rings. The van der Waals surface area contributed by atoms with E-state index in [1.54, 1.807) is 0 Å². The Labute approximate surface area is 101 Å². The molecule has 3 rings (SSSR count). The first-order valence-corrected chi connectivity index (χ1v) is 6.08. The van der Waals surface area contributed by atoms with Gasteiger partial charge in [0.05, 0.1) is 19.8 Å². The normalized spacial score (nSPS) is 22.5. The van der Waals surface area contributed by atoms with Gasteiger partial charge in [0.15, 0.2) is 5.79 Å². The summed E-state index contributed by atoms with van der Waals surface area (Å²) in [5, 5.41) is 0. The number of nitrogen functional groups attached to an aromatic ring is 1. The molecule has 4 nitrogen and oxygen atoms in total. The number of hydrogen-bond donors (Lipinski definition) is 1. The molecule has 1 aromatic rings. The Balaban J connectivity index is 1.82. The van der Waals surface area contributed by atoms with Crippen LogP contribution in [0, 0.1) is 6.92 Å². The number of rotatable bonds is 1. The van der Waals surface area contributed by atoms with Gasteiger partial charge in [0.2, 0.25) is 0 Å². The van der Waals surface area contributed by atoms with E-state index in [1.807, 2.05) is 12.1 Å². The molecule has 92 valence electrons. The van der Waals surface area contributed by atoms with Crippen molar-refractivity contribution < 1.29 is 9.47 Å². The zero-order valence-electron chi connectivity index (χ0n) is 10.1. The Bertz CT molecular complexity index is 427. The largest absolute Gasteiger partial charge is 0.399 e. The topological polar surface area (TPSA) is 47.7 Å². The summed E-state index contributed by atoms with van der Waals surface area (Å²) in [6.07, 6.45) is 0.941. The van der Waals surface area contributed by atoms with Gasteiger partial charge in [0, 0.05) is 24.3 Å². The third-order valence-corrected chi connectivity index (χ3v) is 3.57. The standard InChI is InChI=1S/C13H18N2O2/c1-10-8-11(14)2-3-12(10)15-5-4-13(9-15)16-6-7-17-13/h2-3,8H,4-7,9,14H2,1H3. The highest BCUT2D eigenvalue weighted by Crippen LogP contribution is 2.34. The predicted molar refractivity (Wildman–Crippen MR) is 67.1 cm³/mol. The van der Waals surface area contributed by atoms with Gasteiger partial charge in [-0.25, -0.2) is 0 Å². The van der Waals surface area contributed by atoms with Crippen molar-refractivity contribution in [3.8, 4) is 0 Å². The van der Waals surface area contributed by atoms with Crippen molar-refractivity contribution in [2.75, 3.05) is 36.9 Å². The van der Waals surface area contributed by atoms with Gasteiger partial charge in [-0.2, -0.15) is 0 Å². The summed E-state index contributed by atoms with van der Waals surface area (Å²) in [4.78, 5) is 2.32. The number of anilines is 2. The van der Waals surface area contributed by atoms with Gasteiger partial charge in [-0.05, 0) is 30.7 Å². The molecule has 0 saturated carbocycles. The summed E-state index contributed by atoms with van der Waals surface area (Å²) < 4.78 is 11.5. The van der Waals surface area contributed by atoms with E-state index in [9.17, 15) is 0 Å². The monoisotopic (exact) mass is 234 g/mol. The smallest absolute Gasteiger partial charge is 0.187 e. The Hall–Kier alpha value is -1.26. The van der Waals surface area contributed by atoms with Gasteiger partial charge in [-0.1, -0.05) is 0 Å².